The number of hydrogen-bond acceptors (Lipinski definition) is 4. The number of aryl methyl sites for hydroxylation is 1. The second kappa shape index (κ2) is 3.76. The molecule has 1 aliphatic carbocycles. The van der Waals surface area contributed by atoms with Crippen LogP contribution in [0.4, 0.5) is 0 Å². The zero-order chi connectivity index (χ0) is 11.9. The molecule has 1 aromatic carbocycles. The van der Waals surface area contributed by atoms with Gasteiger partial charge < -0.3 is 0 Å². The second-order valence-electron chi connectivity index (χ2n) is 4.38. The minimum atomic E-state index is -0.272. The molecule has 0 unspecified atom stereocenters. The molecule has 4 heteroatoms. The van der Waals surface area contributed by atoms with Crippen LogP contribution in [0.3, 0.4) is 0 Å². The van der Waals surface area contributed by atoms with Gasteiger partial charge in [-0.1, -0.05) is 13.0 Å². The fourth-order valence-electron chi connectivity index (χ4n) is 2.08. The Bertz CT molecular complexity index is 621. The lowest BCUT2D eigenvalue weighted by Crippen LogP contribution is -2.01. The van der Waals surface area contributed by atoms with Crippen molar-refractivity contribution in [3.8, 4) is 0 Å². The van der Waals surface area contributed by atoms with E-state index in [9.17, 15) is 4.79 Å². The first kappa shape index (κ1) is 10.6. The van der Waals surface area contributed by atoms with Gasteiger partial charge in [0.25, 0.3) is 0 Å². The molecule has 1 aromatic heterocycles. The number of benzene rings is 1. The molecule has 0 atom stereocenters. The van der Waals surface area contributed by atoms with Gasteiger partial charge in [0.1, 0.15) is 0 Å². The summed E-state index contributed by atoms with van der Waals surface area (Å²) in [5, 5.41) is 1.15. The maximum Gasteiger partial charge on any atom is 0.235 e. The van der Waals surface area contributed by atoms with Crippen LogP contribution in [0, 0.1) is 0 Å². The number of fused-ring (bicyclic) bond motifs is 1. The standard InChI is InChI=1S/C13H12N2OS/c1-2-12-15-10-4-3-9(7-11(10)17-12)13(5-6-13)14-8-16/h3-4,7H,2,5-6H2,1H3. The summed E-state index contributed by atoms with van der Waals surface area (Å²) in [4.78, 5) is 18.9. The minimum Gasteiger partial charge on any atom is -0.241 e. The average molecular weight is 244 g/mol. The van der Waals surface area contributed by atoms with Crippen molar-refractivity contribution in [1.82, 2.24) is 4.98 Å². The van der Waals surface area contributed by atoms with Crippen LogP contribution in [0.15, 0.2) is 23.2 Å². The van der Waals surface area contributed by atoms with Crippen molar-refractivity contribution in [2.45, 2.75) is 31.7 Å². The van der Waals surface area contributed by atoms with E-state index in [1.54, 1.807) is 17.4 Å². The Kier molecular flexibility index (Phi) is 2.35. The Morgan fingerprint density at radius 3 is 3.00 bits per heavy atom. The number of nitrogens with zero attached hydrogens (tertiary/aromatic N) is 2. The molecule has 2 aromatic rings. The highest BCUT2D eigenvalue weighted by atomic mass is 32.1. The fourth-order valence-corrected chi connectivity index (χ4v) is 3.03. The summed E-state index contributed by atoms with van der Waals surface area (Å²) in [5.41, 5.74) is 1.90. The fraction of sp³-hybridized carbons (Fsp3) is 0.385. The molecule has 1 saturated carbocycles. The zero-order valence-corrected chi connectivity index (χ0v) is 10.4. The summed E-state index contributed by atoms with van der Waals surface area (Å²) in [6.07, 6.45) is 4.56. The van der Waals surface area contributed by atoms with Crippen molar-refractivity contribution in [3.05, 3.63) is 28.8 Å². The average Bonchev–Trinajstić information content (AvgIpc) is 3.01. The summed E-state index contributed by atoms with van der Waals surface area (Å²) >= 11 is 1.72. The van der Waals surface area contributed by atoms with Crippen molar-refractivity contribution >= 4 is 27.6 Å². The normalized spacial score (nSPS) is 16.8. The van der Waals surface area contributed by atoms with Crippen molar-refractivity contribution in [2.24, 2.45) is 4.99 Å². The largest absolute Gasteiger partial charge is 0.241 e. The number of rotatable bonds is 3. The number of isocyanates is 1. The molecule has 0 spiro atoms. The van der Waals surface area contributed by atoms with Gasteiger partial charge in [-0.3, -0.25) is 0 Å². The molecule has 1 fully saturated rings. The molecule has 3 nitrogen and oxygen atoms in total. The lowest BCUT2D eigenvalue weighted by atomic mass is 10.1. The van der Waals surface area contributed by atoms with Crippen molar-refractivity contribution < 1.29 is 4.79 Å². The monoisotopic (exact) mass is 244 g/mol. The van der Waals surface area contributed by atoms with E-state index in [4.69, 9.17) is 0 Å². The highest BCUT2D eigenvalue weighted by molar-refractivity contribution is 7.18. The Morgan fingerprint density at radius 1 is 1.53 bits per heavy atom. The van der Waals surface area contributed by atoms with E-state index in [-0.39, 0.29) is 5.54 Å². The molecule has 86 valence electrons. The van der Waals surface area contributed by atoms with Gasteiger partial charge in [0.15, 0.2) is 0 Å². The molecule has 0 aliphatic heterocycles. The quantitative estimate of drug-likeness (QED) is 0.614. The predicted molar refractivity (Wildman–Crippen MR) is 68.0 cm³/mol. The summed E-state index contributed by atoms with van der Waals surface area (Å²) in [6.45, 7) is 2.11. The van der Waals surface area contributed by atoms with Crippen LogP contribution in [0.25, 0.3) is 10.2 Å². The molecule has 0 radical (unpaired) electrons. The molecule has 0 saturated heterocycles. The lowest BCUT2D eigenvalue weighted by Gasteiger charge is -2.06. The summed E-state index contributed by atoms with van der Waals surface area (Å²) in [6, 6.07) is 6.19. The zero-order valence-electron chi connectivity index (χ0n) is 9.56. The Hall–Kier alpha value is -1.51. The molecular weight excluding hydrogens is 232 g/mol. The van der Waals surface area contributed by atoms with E-state index < -0.39 is 0 Å². The number of carbonyl (C=O) groups excluding carboxylic acids is 1. The predicted octanol–water partition coefficient (Wildman–Crippen LogP) is 3.18. The first-order chi connectivity index (χ1) is 8.27. The van der Waals surface area contributed by atoms with E-state index in [0.717, 1.165) is 35.4 Å². The van der Waals surface area contributed by atoms with Gasteiger partial charge in [0, 0.05) is 0 Å². The second-order valence-corrected chi connectivity index (χ2v) is 5.49. The van der Waals surface area contributed by atoms with Gasteiger partial charge in [0.05, 0.1) is 20.8 Å². The maximum atomic E-state index is 10.4. The van der Waals surface area contributed by atoms with Gasteiger partial charge in [-0.2, -0.15) is 4.99 Å². The van der Waals surface area contributed by atoms with Crippen molar-refractivity contribution in [2.75, 3.05) is 0 Å². The Morgan fingerprint density at radius 2 is 2.35 bits per heavy atom. The Labute approximate surface area is 103 Å². The van der Waals surface area contributed by atoms with E-state index in [0.29, 0.717) is 0 Å². The molecule has 1 aliphatic rings. The molecule has 1 heterocycles. The van der Waals surface area contributed by atoms with Crippen LogP contribution in [-0.2, 0) is 16.8 Å². The molecular formula is C13H12N2OS. The smallest absolute Gasteiger partial charge is 0.235 e. The summed E-state index contributed by atoms with van der Waals surface area (Å²) < 4.78 is 1.19. The van der Waals surface area contributed by atoms with E-state index in [2.05, 4.69) is 23.0 Å². The first-order valence-corrected chi connectivity index (χ1v) is 6.58. The van der Waals surface area contributed by atoms with E-state index in [1.807, 2.05) is 12.1 Å². The minimum absolute atomic E-state index is 0.272. The van der Waals surface area contributed by atoms with Gasteiger partial charge >= 0.3 is 0 Å². The highest BCUT2D eigenvalue weighted by Crippen LogP contribution is 2.49. The topological polar surface area (TPSA) is 42.3 Å². The number of aromatic nitrogens is 1. The lowest BCUT2D eigenvalue weighted by molar-refractivity contribution is 0.556. The number of aliphatic imine (C=N–C) groups is 1. The van der Waals surface area contributed by atoms with Crippen LogP contribution < -0.4 is 0 Å². The van der Waals surface area contributed by atoms with Crippen LogP contribution in [0.5, 0.6) is 0 Å². The SMILES string of the molecule is CCc1nc2ccc(C3(N=C=O)CC3)cc2s1. The van der Waals surface area contributed by atoms with Crippen molar-refractivity contribution in [3.63, 3.8) is 0 Å². The number of hydrogen-bond donors (Lipinski definition) is 0. The maximum absolute atomic E-state index is 10.4. The third kappa shape index (κ3) is 1.70. The third-order valence-electron chi connectivity index (χ3n) is 3.26. The van der Waals surface area contributed by atoms with Crippen molar-refractivity contribution in [1.29, 1.82) is 0 Å². The summed E-state index contributed by atoms with van der Waals surface area (Å²) in [5.74, 6) is 0. The van der Waals surface area contributed by atoms with E-state index >= 15 is 0 Å². The molecule has 17 heavy (non-hydrogen) atoms. The van der Waals surface area contributed by atoms with Crippen LogP contribution in [-0.4, -0.2) is 11.1 Å². The first-order valence-electron chi connectivity index (χ1n) is 5.76. The van der Waals surface area contributed by atoms with E-state index in [1.165, 1.54) is 4.70 Å². The van der Waals surface area contributed by atoms with Gasteiger partial charge in [-0.15, -0.1) is 11.3 Å². The summed E-state index contributed by atoms with van der Waals surface area (Å²) in [7, 11) is 0. The van der Waals surface area contributed by atoms with Gasteiger partial charge in [-0.05, 0) is 37.0 Å². The van der Waals surface area contributed by atoms with Gasteiger partial charge in [-0.25, -0.2) is 9.78 Å². The molecule has 0 N–H and O–H groups in total. The van der Waals surface area contributed by atoms with Crippen LogP contribution in [0.1, 0.15) is 30.3 Å². The molecule has 0 amide bonds. The third-order valence-corrected chi connectivity index (χ3v) is 4.42. The Balaban J connectivity index is 2.10. The highest BCUT2D eigenvalue weighted by Gasteiger charge is 2.44. The van der Waals surface area contributed by atoms with Gasteiger partial charge in [0.2, 0.25) is 6.08 Å². The molecule has 3 rings (SSSR count). The van der Waals surface area contributed by atoms with Crippen LogP contribution >= 0.6 is 11.3 Å². The van der Waals surface area contributed by atoms with Crippen LogP contribution in [0.2, 0.25) is 0 Å². The number of thiazole rings is 1. The molecule has 0 bridgehead atoms.